The number of anilines is 2. The smallest absolute Gasteiger partial charge is 0.316 e. The molecule has 0 spiro atoms. The summed E-state index contributed by atoms with van der Waals surface area (Å²) in [6.45, 7) is 4.60. The van der Waals surface area contributed by atoms with Crippen molar-refractivity contribution in [1.82, 2.24) is 4.90 Å². The third kappa shape index (κ3) is 4.13. The van der Waals surface area contributed by atoms with Gasteiger partial charge in [-0.3, -0.25) is 0 Å². The third-order valence-corrected chi connectivity index (χ3v) is 4.02. The van der Waals surface area contributed by atoms with Crippen molar-refractivity contribution in [1.29, 1.82) is 0 Å². The molecule has 1 aromatic carbocycles. The fourth-order valence-corrected chi connectivity index (χ4v) is 2.70. The second-order valence-corrected chi connectivity index (χ2v) is 5.64. The van der Waals surface area contributed by atoms with Gasteiger partial charge in [-0.05, 0) is 70.1 Å². The van der Waals surface area contributed by atoms with Gasteiger partial charge in [-0.1, -0.05) is 0 Å². The molecule has 1 fully saturated rings. The number of piperidine rings is 1. The molecule has 5 nitrogen and oxygen atoms in total. The maximum atomic E-state index is 10.8. The van der Waals surface area contributed by atoms with Gasteiger partial charge in [0.15, 0.2) is 0 Å². The van der Waals surface area contributed by atoms with E-state index in [9.17, 15) is 4.79 Å². The molecule has 2 rings (SSSR count). The molecular formula is C15H24N4O. The van der Waals surface area contributed by atoms with Gasteiger partial charge in [0.05, 0.1) is 0 Å². The summed E-state index contributed by atoms with van der Waals surface area (Å²) in [4.78, 5) is 13.1. The van der Waals surface area contributed by atoms with Crippen molar-refractivity contribution in [3.63, 3.8) is 0 Å². The molecule has 0 radical (unpaired) electrons. The van der Waals surface area contributed by atoms with Crippen LogP contribution in [0.25, 0.3) is 0 Å². The first-order valence-corrected chi connectivity index (χ1v) is 7.16. The number of carbonyl (C=O) groups is 1. The third-order valence-electron chi connectivity index (χ3n) is 4.02. The van der Waals surface area contributed by atoms with Gasteiger partial charge in [-0.2, -0.15) is 0 Å². The van der Waals surface area contributed by atoms with Gasteiger partial charge in [-0.15, -0.1) is 0 Å². The van der Waals surface area contributed by atoms with E-state index in [2.05, 4.69) is 29.5 Å². The molecule has 1 saturated heterocycles. The highest BCUT2D eigenvalue weighted by Gasteiger charge is 2.21. The van der Waals surface area contributed by atoms with E-state index in [1.165, 1.54) is 25.9 Å². The summed E-state index contributed by atoms with van der Waals surface area (Å²) >= 11 is 0. The molecule has 110 valence electrons. The van der Waals surface area contributed by atoms with E-state index in [4.69, 9.17) is 5.73 Å². The number of amides is 2. The van der Waals surface area contributed by atoms with E-state index in [0.717, 1.165) is 17.3 Å². The fourth-order valence-electron chi connectivity index (χ4n) is 2.70. The predicted molar refractivity (Wildman–Crippen MR) is 83.0 cm³/mol. The minimum absolute atomic E-state index is 0.457. The molecule has 1 heterocycles. The molecule has 5 heteroatoms. The summed E-state index contributed by atoms with van der Waals surface area (Å²) < 4.78 is 0. The predicted octanol–water partition coefficient (Wildman–Crippen LogP) is 2.32. The van der Waals surface area contributed by atoms with E-state index in [-0.39, 0.29) is 0 Å². The van der Waals surface area contributed by atoms with Crippen molar-refractivity contribution < 1.29 is 4.79 Å². The first-order chi connectivity index (χ1) is 9.54. The summed E-state index contributed by atoms with van der Waals surface area (Å²) in [5.74, 6) is 0.717. The van der Waals surface area contributed by atoms with Gasteiger partial charge in [0.25, 0.3) is 0 Å². The lowest BCUT2D eigenvalue weighted by Crippen LogP contribution is -2.37. The lowest BCUT2D eigenvalue weighted by atomic mass is 9.90. The molecule has 0 bridgehead atoms. The van der Waals surface area contributed by atoms with Gasteiger partial charge in [0, 0.05) is 17.4 Å². The van der Waals surface area contributed by atoms with Crippen LogP contribution in [0.3, 0.4) is 0 Å². The number of primary amides is 1. The molecule has 0 saturated carbocycles. The van der Waals surface area contributed by atoms with Crippen LogP contribution in [0.1, 0.15) is 19.8 Å². The minimum atomic E-state index is -0.537. The highest BCUT2D eigenvalue weighted by atomic mass is 16.2. The zero-order chi connectivity index (χ0) is 14.5. The summed E-state index contributed by atoms with van der Waals surface area (Å²) in [5.41, 5.74) is 6.88. The SMILES string of the molecule is CC(Nc1ccc(NC(N)=O)cc1)C1CCN(C)CC1. The van der Waals surface area contributed by atoms with Crippen molar-refractivity contribution in [2.45, 2.75) is 25.8 Å². The number of urea groups is 1. The number of nitrogens with one attached hydrogen (secondary N) is 2. The van der Waals surface area contributed by atoms with Crippen molar-refractivity contribution in [2.24, 2.45) is 11.7 Å². The zero-order valence-electron chi connectivity index (χ0n) is 12.2. The minimum Gasteiger partial charge on any atom is -0.382 e. The van der Waals surface area contributed by atoms with Crippen LogP contribution in [-0.4, -0.2) is 37.1 Å². The Morgan fingerprint density at radius 1 is 1.25 bits per heavy atom. The monoisotopic (exact) mass is 276 g/mol. The van der Waals surface area contributed by atoms with Crippen LogP contribution >= 0.6 is 0 Å². The molecule has 4 N–H and O–H groups in total. The van der Waals surface area contributed by atoms with Crippen LogP contribution < -0.4 is 16.4 Å². The number of rotatable bonds is 4. The summed E-state index contributed by atoms with van der Waals surface area (Å²) in [7, 11) is 2.18. The Bertz CT molecular complexity index is 438. The van der Waals surface area contributed by atoms with Crippen LogP contribution in [0, 0.1) is 5.92 Å². The Balaban J connectivity index is 1.87. The van der Waals surface area contributed by atoms with E-state index in [1.807, 2.05) is 24.3 Å². The summed E-state index contributed by atoms with van der Waals surface area (Å²) in [5, 5.41) is 6.10. The molecule has 1 aromatic rings. The topological polar surface area (TPSA) is 70.4 Å². The number of nitrogens with zero attached hydrogens (tertiary/aromatic N) is 1. The Morgan fingerprint density at radius 3 is 2.35 bits per heavy atom. The van der Waals surface area contributed by atoms with Crippen molar-refractivity contribution in [3.8, 4) is 0 Å². The van der Waals surface area contributed by atoms with Gasteiger partial charge in [0.2, 0.25) is 0 Å². The van der Waals surface area contributed by atoms with E-state index >= 15 is 0 Å². The lowest BCUT2D eigenvalue weighted by molar-refractivity contribution is 0.208. The van der Waals surface area contributed by atoms with Crippen molar-refractivity contribution >= 4 is 17.4 Å². The first-order valence-electron chi connectivity index (χ1n) is 7.16. The van der Waals surface area contributed by atoms with Crippen LogP contribution in [0.2, 0.25) is 0 Å². The molecule has 1 aliphatic rings. The number of nitrogens with two attached hydrogens (primary N) is 1. The molecule has 0 aromatic heterocycles. The number of benzene rings is 1. The number of likely N-dealkylation sites (tertiary alicyclic amines) is 1. The summed E-state index contributed by atoms with van der Waals surface area (Å²) in [6, 6.07) is 7.57. The molecule has 1 unspecified atom stereocenters. The van der Waals surface area contributed by atoms with Gasteiger partial charge < -0.3 is 21.3 Å². The molecule has 0 aliphatic carbocycles. The second kappa shape index (κ2) is 6.61. The Hall–Kier alpha value is -1.75. The Labute approximate surface area is 120 Å². The van der Waals surface area contributed by atoms with Crippen molar-refractivity contribution in [3.05, 3.63) is 24.3 Å². The molecule has 20 heavy (non-hydrogen) atoms. The molecule has 1 aliphatic heterocycles. The quantitative estimate of drug-likeness (QED) is 0.790. The van der Waals surface area contributed by atoms with E-state index in [1.54, 1.807) is 0 Å². The van der Waals surface area contributed by atoms with Gasteiger partial charge >= 0.3 is 6.03 Å². The normalized spacial score (nSPS) is 18.5. The van der Waals surface area contributed by atoms with Crippen LogP contribution in [0.5, 0.6) is 0 Å². The van der Waals surface area contributed by atoms with Gasteiger partial charge in [0.1, 0.15) is 0 Å². The highest BCUT2D eigenvalue weighted by molar-refractivity contribution is 5.87. The zero-order valence-corrected chi connectivity index (χ0v) is 12.2. The molecule has 2 amide bonds. The standard InChI is InChI=1S/C15H24N4O/c1-11(12-7-9-19(2)10-8-12)17-13-3-5-14(6-4-13)18-15(16)20/h3-6,11-12,17H,7-10H2,1-2H3,(H3,16,18,20). The number of hydrogen-bond donors (Lipinski definition) is 3. The average Bonchev–Trinajstić information content (AvgIpc) is 2.41. The van der Waals surface area contributed by atoms with E-state index in [0.29, 0.717) is 6.04 Å². The fraction of sp³-hybridized carbons (Fsp3) is 0.533. The first kappa shape index (κ1) is 14.7. The van der Waals surface area contributed by atoms with E-state index < -0.39 is 6.03 Å². The number of carbonyl (C=O) groups excluding carboxylic acids is 1. The van der Waals surface area contributed by atoms with Gasteiger partial charge in [-0.25, -0.2) is 4.79 Å². The number of hydrogen-bond acceptors (Lipinski definition) is 3. The maximum Gasteiger partial charge on any atom is 0.316 e. The van der Waals surface area contributed by atoms with Crippen molar-refractivity contribution in [2.75, 3.05) is 30.8 Å². The largest absolute Gasteiger partial charge is 0.382 e. The Kier molecular flexibility index (Phi) is 4.84. The molecular weight excluding hydrogens is 252 g/mol. The summed E-state index contributed by atoms with van der Waals surface area (Å²) in [6.07, 6.45) is 2.48. The maximum absolute atomic E-state index is 10.8. The second-order valence-electron chi connectivity index (χ2n) is 5.64. The van der Waals surface area contributed by atoms with Crippen LogP contribution in [0.4, 0.5) is 16.2 Å². The Morgan fingerprint density at radius 2 is 1.80 bits per heavy atom. The average molecular weight is 276 g/mol. The molecule has 1 atom stereocenters. The van der Waals surface area contributed by atoms with Crippen LogP contribution in [0.15, 0.2) is 24.3 Å². The highest BCUT2D eigenvalue weighted by Crippen LogP contribution is 2.23. The van der Waals surface area contributed by atoms with Crippen LogP contribution in [-0.2, 0) is 0 Å². The lowest BCUT2D eigenvalue weighted by Gasteiger charge is -2.33.